The van der Waals surface area contributed by atoms with Gasteiger partial charge in [0.05, 0.1) is 0 Å². The molecule has 2 nitrogen and oxygen atoms in total. The molecule has 1 aliphatic heterocycles. The predicted molar refractivity (Wildman–Crippen MR) is 86.9 cm³/mol. The van der Waals surface area contributed by atoms with Gasteiger partial charge in [-0.05, 0) is 36.6 Å². The summed E-state index contributed by atoms with van der Waals surface area (Å²) >= 11 is 0. The van der Waals surface area contributed by atoms with E-state index in [0.717, 1.165) is 29.3 Å². The average molecular weight is 280 g/mol. The van der Waals surface area contributed by atoms with Crippen LogP contribution in [0.2, 0.25) is 0 Å². The van der Waals surface area contributed by atoms with E-state index in [-0.39, 0.29) is 0 Å². The Morgan fingerprint density at radius 2 is 1.67 bits per heavy atom. The van der Waals surface area contributed by atoms with Crippen LogP contribution in [0.4, 0.5) is 11.4 Å². The highest BCUT2D eigenvalue weighted by atomic mass is 16.5. The van der Waals surface area contributed by atoms with Crippen molar-refractivity contribution in [1.82, 2.24) is 5.32 Å². The standard InChI is InChI=1S/C19H22NO/c1-2-3-4-5-6-10-15-11-9-14-18-19(15)20-16-12-7-8-13-17(16)21-18/h7-9,11-14H,2-6,10H2,1H3. The van der Waals surface area contributed by atoms with Gasteiger partial charge in [0.25, 0.3) is 0 Å². The van der Waals surface area contributed by atoms with E-state index >= 15 is 0 Å². The molecule has 0 aromatic heterocycles. The van der Waals surface area contributed by atoms with Crippen LogP contribution in [0.25, 0.3) is 0 Å². The van der Waals surface area contributed by atoms with Gasteiger partial charge in [0.1, 0.15) is 11.4 Å². The summed E-state index contributed by atoms with van der Waals surface area (Å²) in [5, 5.41) is 4.80. The van der Waals surface area contributed by atoms with E-state index in [9.17, 15) is 0 Å². The van der Waals surface area contributed by atoms with Crippen LogP contribution >= 0.6 is 0 Å². The second-order valence-corrected chi connectivity index (χ2v) is 5.61. The molecule has 2 aromatic carbocycles. The Morgan fingerprint density at radius 1 is 0.857 bits per heavy atom. The third-order valence-electron chi connectivity index (χ3n) is 3.95. The molecule has 21 heavy (non-hydrogen) atoms. The van der Waals surface area contributed by atoms with Crippen molar-refractivity contribution < 1.29 is 4.74 Å². The lowest BCUT2D eigenvalue weighted by molar-refractivity contribution is 0.470. The van der Waals surface area contributed by atoms with Gasteiger partial charge in [0.2, 0.25) is 0 Å². The highest BCUT2D eigenvalue weighted by Gasteiger charge is 2.19. The van der Waals surface area contributed by atoms with Gasteiger partial charge >= 0.3 is 0 Å². The molecule has 3 rings (SSSR count). The van der Waals surface area contributed by atoms with Crippen LogP contribution in [0.15, 0.2) is 42.5 Å². The van der Waals surface area contributed by atoms with E-state index in [1.165, 1.54) is 37.7 Å². The zero-order chi connectivity index (χ0) is 14.5. The van der Waals surface area contributed by atoms with Gasteiger partial charge < -0.3 is 4.74 Å². The molecule has 0 spiro atoms. The van der Waals surface area contributed by atoms with Gasteiger partial charge in [0, 0.05) is 0 Å². The van der Waals surface area contributed by atoms with Crippen LogP contribution in [0.5, 0.6) is 11.5 Å². The number of hydrogen-bond acceptors (Lipinski definition) is 1. The van der Waals surface area contributed by atoms with E-state index < -0.39 is 0 Å². The fraction of sp³-hybridized carbons (Fsp3) is 0.368. The molecule has 0 bridgehead atoms. The monoisotopic (exact) mass is 280 g/mol. The number of benzene rings is 2. The topological polar surface area (TPSA) is 23.3 Å². The SMILES string of the molecule is CCCCCCCc1cccc2c1[N]c1ccccc1O2. The molecule has 0 amide bonds. The lowest BCUT2D eigenvalue weighted by Gasteiger charge is -2.21. The Labute approximate surface area is 127 Å². The maximum absolute atomic E-state index is 5.97. The summed E-state index contributed by atoms with van der Waals surface area (Å²) < 4.78 is 5.97. The Kier molecular flexibility index (Phi) is 4.44. The second kappa shape index (κ2) is 6.66. The maximum Gasteiger partial charge on any atom is 0.153 e. The Morgan fingerprint density at radius 3 is 2.57 bits per heavy atom. The fourth-order valence-corrected chi connectivity index (χ4v) is 2.77. The van der Waals surface area contributed by atoms with Gasteiger partial charge in [-0.15, -0.1) is 0 Å². The highest BCUT2D eigenvalue weighted by Crippen LogP contribution is 2.43. The molecule has 1 radical (unpaired) electrons. The predicted octanol–water partition coefficient (Wildman–Crippen LogP) is 5.87. The van der Waals surface area contributed by atoms with Crippen molar-refractivity contribution in [2.75, 3.05) is 0 Å². The van der Waals surface area contributed by atoms with Gasteiger partial charge in [-0.25, -0.2) is 5.32 Å². The van der Waals surface area contributed by atoms with Gasteiger partial charge in [-0.3, -0.25) is 0 Å². The first kappa shape index (κ1) is 14.0. The molecule has 0 fully saturated rings. The summed E-state index contributed by atoms with van der Waals surface area (Å²) in [6.07, 6.45) is 7.58. The molecule has 2 aromatic rings. The largest absolute Gasteiger partial charge is 0.453 e. The van der Waals surface area contributed by atoms with Crippen molar-refractivity contribution in [1.29, 1.82) is 0 Å². The van der Waals surface area contributed by atoms with Crippen molar-refractivity contribution in [3.05, 3.63) is 48.0 Å². The molecule has 109 valence electrons. The van der Waals surface area contributed by atoms with Crippen LogP contribution in [-0.4, -0.2) is 0 Å². The Hall–Kier alpha value is -1.96. The third-order valence-corrected chi connectivity index (χ3v) is 3.95. The number of ether oxygens (including phenoxy) is 1. The van der Waals surface area contributed by atoms with Gasteiger partial charge in [0.15, 0.2) is 11.5 Å². The van der Waals surface area contributed by atoms with Gasteiger partial charge in [-0.2, -0.15) is 0 Å². The molecule has 0 saturated carbocycles. The Bertz CT molecular complexity index is 606. The number of rotatable bonds is 6. The third kappa shape index (κ3) is 3.21. The number of para-hydroxylation sites is 3. The zero-order valence-electron chi connectivity index (χ0n) is 12.6. The summed E-state index contributed by atoms with van der Waals surface area (Å²) in [7, 11) is 0. The summed E-state index contributed by atoms with van der Waals surface area (Å²) in [5.74, 6) is 1.74. The molecule has 0 aliphatic carbocycles. The average Bonchev–Trinajstić information content (AvgIpc) is 2.53. The second-order valence-electron chi connectivity index (χ2n) is 5.61. The van der Waals surface area contributed by atoms with Crippen LogP contribution < -0.4 is 10.1 Å². The van der Waals surface area contributed by atoms with E-state index in [0.29, 0.717) is 0 Å². The molecule has 2 heteroatoms. The highest BCUT2D eigenvalue weighted by molar-refractivity contribution is 5.70. The molecule has 0 unspecified atom stereocenters. The lowest BCUT2D eigenvalue weighted by atomic mass is 10.0. The fourth-order valence-electron chi connectivity index (χ4n) is 2.77. The minimum absolute atomic E-state index is 0.852. The molecule has 1 heterocycles. The summed E-state index contributed by atoms with van der Waals surface area (Å²) in [6, 6.07) is 14.2. The smallest absolute Gasteiger partial charge is 0.153 e. The number of hydrogen-bond donors (Lipinski definition) is 0. The number of fused-ring (bicyclic) bond motifs is 2. The maximum atomic E-state index is 5.97. The minimum atomic E-state index is 0.852. The van der Waals surface area contributed by atoms with E-state index in [4.69, 9.17) is 10.1 Å². The van der Waals surface area contributed by atoms with Crippen LogP contribution in [0, 0.1) is 0 Å². The van der Waals surface area contributed by atoms with Gasteiger partial charge in [-0.1, -0.05) is 56.9 Å². The van der Waals surface area contributed by atoms with Crippen molar-refractivity contribution in [3.63, 3.8) is 0 Å². The van der Waals surface area contributed by atoms with Crippen molar-refractivity contribution >= 4 is 11.4 Å². The van der Waals surface area contributed by atoms with E-state index in [1.807, 2.05) is 30.3 Å². The Balaban J connectivity index is 1.71. The molecule has 0 saturated heterocycles. The molecular formula is C19H22NO. The molecular weight excluding hydrogens is 258 g/mol. The molecule has 0 atom stereocenters. The van der Waals surface area contributed by atoms with Crippen molar-refractivity contribution in [3.8, 4) is 11.5 Å². The van der Waals surface area contributed by atoms with Crippen LogP contribution in [-0.2, 0) is 6.42 Å². The first-order valence-corrected chi connectivity index (χ1v) is 7.99. The molecule has 0 N–H and O–H groups in total. The summed E-state index contributed by atoms with van der Waals surface area (Å²) in [4.78, 5) is 0. The first-order valence-electron chi connectivity index (χ1n) is 7.99. The van der Waals surface area contributed by atoms with Crippen LogP contribution in [0.1, 0.15) is 44.6 Å². The normalized spacial score (nSPS) is 12.0. The minimum Gasteiger partial charge on any atom is -0.453 e. The van der Waals surface area contributed by atoms with Crippen molar-refractivity contribution in [2.24, 2.45) is 0 Å². The first-order chi connectivity index (χ1) is 10.4. The van der Waals surface area contributed by atoms with Crippen molar-refractivity contribution in [2.45, 2.75) is 45.4 Å². The lowest BCUT2D eigenvalue weighted by Crippen LogP contribution is -2.04. The van der Waals surface area contributed by atoms with Crippen LogP contribution in [0.3, 0.4) is 0 Å². The summed E-state index contributed by atoms with van der Waals surface area (Å²) in [5.41, 5.74) is 3.26. The number of aryl methyl sites for hydroxylation is 1. The number of nitrogens with zero attached hydrogens (tertiary/aromatic N) is 1. The summed E-state index contributed by atoms with van der Waals surface area (Å²) in [6.45, 7) is 2.25. The zero-order valence-corrected chi connectivity index (χ0v) is 12.6. The number of unbranched alkanes of at least 4 members (excludes halogenated alkanes) is 4. The molecule has 1 aliphatic rings. The van der Waals surface area contributed by atoms with E-state index in [2.05, 4.69) is 19.1 Å². The van der Waals surface area contributed by atoms with E-state index in [1.54, 1.807) is 0 Å². The quantitative estimate of drug-likeness (QED) is 0.518.